The number of hydrogen-bond acceptors (Lipinski definition) is 7. The van der Waals surface area contributed by atoms with Gasteiger partial charge in [0.15, 0.2) is 0 Å². The number of anilines is 3. The van der Waals surface area contributed by atoms with Crippen molar-refractivity contribution >= 4 is 83.5 Å². The standard InChI is InChI=1S/C29H25N5O5S.2H2S/c1-3-23(36)33-14-19(22(35)15-33)31-27(37)26-25-24-21(11-12-30-28(24)40-26)34(29(38)32-25)20-10-9-18(13-16(20)2)39-17-7-5-4-6-8-17;;/h3-13,19,22,35H,1,14-15H2,2H3,(H,31,37)(H,32,38);2*1H2/t19-,22+;;/m0../s1. The first kappa shape index (κ1) is 30.9. The van der Waals surface area contributed by atoms with E-state index in [-0.39, 0.29) is 50.9 Å². The van der Waals surface area contributed by atoms with Gasteiger partial charge in [-0.05, 0) is 55.0 Å². The number of aliphatic hydroxyl groups is 1. The number of aryl methyl sites for hydroxylation is 1. The number of thiophene rings is 1. The number of aromatic nitrogens is 1. The Morgan fingerprint density at radius 2 is 1.88 bits per heavy atom. The van der Waals surface area contributed by atoms with E-state index in [9.17, 15) is 19.5 Å². The maximum absolute atomic E-state index is 13.5. The molecule has 4 aromatic rings. The average Bonchev–Trinajstić information content (AvgIpc) is 3.50. The number of benzene rings is 2. The number of aliphatic hydroxyl groups excluding tert-OH is 1. The second-order valence-corrected chi connectivity index (χ2v) is 10.5. The Bertz CT molecular complexity index is 1680. The van der Waals surface area contributed by atoms with Crippen molar-refractivity contribution in [2.75, 3.05) is 23.3 Å². The van der Waals surface area contributed by atoms with Gasteiger partial charge in [-0.15, -0.1) is 11.3 Å². The molecule has 218 valence electrons. The Labute approximate surface area is 259 Å². The number of hydrogen-bond donors (Lipinski definition) is 3. The van der Waals surface area contributed by atoms with E-state index in [4.69, 9.17) is 4.74 Å². The quantitative estimate of drug-likeness (QED) is 0.265. The number of ether oxygens (including phenoxy) is 1. The molecule has 2 aromatic carbocycles. The molecular formula is C29H29N5O5S3. The van der Waals surface area contributed by atoms with Crippen molar-refractivity contribution in [2.24, 2.45) is 0 Å². The van der Waals surface area contributed by atoms with Crippen molar-refractivity contribution < 1.29 is 24.2 Å². The number of urea groups is 1. The van der Waals surface area contributed by atoms with Crippen LogP contribution in [0.15, 0.2) is 73.4 Å². The zero-order chi connectivity index (χ0) is 28.0. The first-order valence-corrected chi connectivity index (χ1v) is 13.4. The number of nitrogens with one attached hydrogen (secondary N) is 2. The number of para-hydroxylation sites is 1. The molecule has 0 radical (unpaired) electrons. The summed E-state index contributed by atoms with van der Waals surface area (Å²) in [6.07, 6.45) is 1.86. The maximum atomic E-state index is 13.5. The van der Waals surface area contributed by atoms with Crippen LogP contribution in [-0.4, -0.2) is 58.1 Å². The normalized spacial score (nSPS) is 17.1. The lowest BCUT2D eigenvalue weighted by molar-refractivity contribution is -0.125. The molecule has 0 spiro atoms. The topological polar surface area (TPSA) is 124 Å². The first-order chi connectivity index (χ1) is 19.3. The Morgan fingerprint density at radius 1 is 1.12 bits per heavy atom. The molecule has 2 aromatic heterocycles. The van der Waals surface area contributed by atoms with Crippen molar-refractivity contribution in [1.82, 2.24) is 15.2 Å². The molecule has 2 aliphatic heterocycles. The number of carbonyl (C=O) groups excluding carboxylic acids is 3. The molecular weight excluding hydrogens is 595 g/mol. The summed E-state index contributed by atoms with van der Waals surface area (Å²) < 4.78 is 5.94. The third kappa shape index (κ3) is 5.55. The van der Waals surface area contributed by atoms with Crippen LogP contribution in [0.1, 0.15) is 15.2 Å². The van der Waals surface area contributed by atoms with Crippen LogP contribution < -0.4 is 20.3 Å². The first-order valence-electron chi connectivity index (χ1n) is 12.6. The van der Waals surface area contributed by atoms with E-state index in [1.807, 2.05) is 49.4 Å². The molecule has 4 heterocycles. The van der Waals surface area contributed by atoms with Gasteiger partial charge in [0.1, 0.15) is 21.2 Å². The summed E-state index contributed by atoms with van der Waals surface area (Å²) in [7, 11) is 0. The second-order valence-electron chi connectivity index (χ2n) is 9.54. The van der Waals surface area contributed by atoms with E-state index in [1.54, 1.807) is 23.2 Å². The van der Waals surface area contributed by atoms with Crippen LogP contribution in [0.2, 0.25) is 0 Å². The highest BCUT2D eigenvalue weighted by atomic mass is 32.1. The molecule has 3 N–H and O–H groups in total. The number of pyridine rings is 1. The summed E-state index contributed by atoms with van der Waals surface area (Å²) in [6.45, 7) is 5.62. The van der Waals surface area contributed by atoms with Crippen molar-refractivity contribution in [1.29, 1.82) is 0 Å². The number of nitrogens with zero attached hydrogens (tertiary/aromatic N) is 3. The van der Waals surface area contributed by atoms with Crippen molar-refractivity contribution in [3.63, 3.8) is 0 Å². The third-order valence-electron chi connectivity index (χ3n) is 6.93. The fourth-order valence-electron chi connectivity index (χ4n) is 5.02. The highest BCUT2D eigenvalue weighted by molar-refractivity contribution is 7.59. The van der Waals surface area contributed by atoms with Gasteiger partial charge >= 0.3 is 6.03 Å². The Kier molecular flexibility index (Phi) is 9.16. The zero-order valence-electron chi connectivity index (χ0n) is 22.5. The number of carbonyl (C=O) groups is 3. The zero-order valence-corrected chi connectivity index (χ0v) is 25.3. The average molecular weight is 624 g/mol. The van der Waals surface area contributed by atoms with Gasteiger partial charge in [0, 0.05) is 19.3 Å². The molecule has 2 atom stereocenters. The van der Waals surface area contributed by atoms with Gasteiger partial charge in [0.05, 0.1) is 34.6 Å². The molecule has 10 nitrogen and oxygen atoms in total. The van der Waals surface area contributed by atoms with E-state index in [2.05, 4.69) is 22.2 Å². The Morgan fingerprint density at radius 3 is 2.60 bits per heavy atom. The summed E-state index contributed by atoms with van der Waals surface area (Å²) in [5, 5.41) is 16.8. The number of rotatable bonds is 6. The fraction of sp³-hybridized carbons (Fsp3) is 0.172. The highest BCUT2D eigenvalue weighted by Crippen LogP contribution is 2.46. The van der Waals surface area contributed by atoms with Crippen LogP contribution in [0, 0.1) is 6.92 Å². The minimum absolute atomic E-state index is 0. The molecule has 0 aliphatic carbocycles. The summed E-state index contributed by atoms with van der Waals surface area (Å²) in [4.78, 5) is 47.1. The van der Waals surface area contributed by atoms with Crippen LogP contribution in [0.3, 0.4) is 0 Å². The van der Waals surface area contributed by atoms with E-state index in [1.165, 1.54) is 11.0 Å². The summed E-state index contributed by atoms with van der Waals surface area (Å²) in [6, 6.07) is 15.6. The van der Waals surface area contributed by atoms with Crippen LogP contribution in [0.5, 0.6) is 11.5 Å². The Hall–Kier alpha value is -4.04. The largest absolute Gasteiger partial charge is 0.457 e. The maximum Gasteiger partial charge on any atom is 0.331 e. The molecule has 0 bridgehead atoms. The van der Waals surface area contributed by atoms with Crippen LogP contribution >= 0.6 is 38.3 Å². The number of likely N-dealkylation sites (tertiary alicyclic amines) is 1. The molecule has 2 aliphatic rings. The number of β-amino-alcohol motifs (C(OH)–C–C–N with tert-alkyl or cyclic N) is 1. The van der Waals surface area contributed by atoms with Gasteiger partial charge in [0.25, 0.3) is 5.91 Å². The minimum Gasteiger partial charge on any atom is -0.457 e. The van der Waals surface area contributed by atoms with Crippen molar-refractivity contribution in [3.8, 4) is 11.5 Å². The fourth-order valence-corrected chi connectivity index (χ4v) is 6.04. The molecule has 1 fully saturated rings. The second kappa shape index (κ2) is 12.4. The monoisotopic (exact) mass is 623 g/mol. The Balaban J connectivity index is 0.00000202. The molecule has 0 saturated carbocycles. The third-order valence-corrected chi connectivity index (χ3v) is 8.03. The lowest BCUT2D eigenvalue weighted by Gasteiger charge is -2.29. The molecule has 1 saturated heterocycles. The highest BCUT2D eigenvalue weighted by Gasteiger charge is 2.37. The molecule has 0 unspecified atom stereocenters. The molecule has 4 amide bonds. The predicted octanol–water partition coefficient (Wildman–Crippen LogP) is 4.79. The summed E-state index contributed by atoms with van der Waals surface area (Å²) in [5.41, 5.74) is 2.45. The van der Waals surface area contributed by atoms with Gasteiger partial charge in [-0.1, -0.05) is 24.8 Å². The molecule has 13 heteroatoms. The lowest BCUT2D eigenvalue weighted by Crippen LogP contribution is -2.43. The van der Waals surface area contributed by atoms with E-state index in [0.29, 0.717) is 38.8 Å². The van der Waals surface area contributed by atoms with Crippen LogP contribution in [0.4, 0.5) is 21.9 Å². The van der Waals surface area contributed by atoms with Gasteiger partial charge in [-0.25, -0.2) is 9.78 Å². The van der Waals surface area contributed by atoms with E-state index < -0.39 is 24.1 Å². The van der Waals surface area contributed by atoms with Gasteiger partial charge in [0.2, 0.25) is 5.91 Å². The van der Waals surface area contributed by atoms with E-state index >= 15 is 0 Å². The molecule has 6 rings (SSSR count). The smallest absolute Gasteiger partial charge is 0.331 e. The SMILES string of the molecule is C=CC(=O)N1C[C@@H](O)[C@@H](NC(=O)c2sc3nccc4c3c2NC(=O)N4c2ccc(Oc3ccccc3)cc2C)C1.S.S. The van der Waals surface area contributed by atoms with E-state index in [0.717, 1.165) is 16.9 Å². The van der Waals surface area contributed by atoms with Gasteiger partial charge < -0.3 is 25.4 Å². The lowest BCUT2D eigenvalue weighted by atomic mass is 10.1. The number of amides is 4. The van der Waals surface area contributed by atoms with Crippen molar-refractivity contribution in [2.45, 2.75) is 19.1 Å². The summed E-state index contributed by atoms with van der Waals surface area (Å²) in [5.74, 6) is 0.569. The predicted molar refractivity (Wildman–Crippen MR) is 173 cm³/mol. The van der Waals surface area contributed by atoms with Crippen molar-refractivity contribution in [3.05, 3.63) is 83.9 Å². The van der Waals surface area contributed by atoms with Gasteiger partial charge in [-0.2, -0.15) is 27.0 Å². The van der Waals surface area contributed by atoms with Gasteiger partial charge in [-0.3, -0.25) is 14.5 Å². The van der Waals surface area contributed by atoms with Crippen LogP contribution in [0.25, 0.3) is 10.2 Å². The summed E-state index contributed by atoms with van der Waals surface area (Å²) >= 11 is 1.15. The van der Waals surface area contributed by atoms with Crippen LogP contribution in [-0.2, 0) is 4.79 Å². The minimum atomic E-state index is -0.922. The molecule has 42 heavy (non-hydrogen) atoms.